The van der Waals surface area contributed by atoms with Gasteiger partial charge in [0.2, 0.25) is 0 Å². The second kappa shape index (κ2) is 13.5. The molecule has 0 amide bonds. The van der Waals surface area contributed by atoms with Gasteiger partial charge in [0, 0.05) is 38.6 Å². The smallest absolute Gasteiger partial charge is 0.136 e. The van der Waals surface area contributed by atoms with Crippen LogP contribution in [0.5, 0.6) is 0 Å². The normalized spacial score (nSPS) is 13.0. The number of nitrogens with zero attached hydrogens (tertiary/aromatic N) is 1. The quantitative estimate of drug-likeness (QED) is 0.161. The van der Waals surface area contributed by atoms with Crippen LogP contribution < -0.4 is 4.90 Å². The van der Waals surface area contributed by atoms with Crippen LogP contribution in [-0.2, 0) is 5.41 Å². The number of hydrogen-bond donors (Lipinski definition) is 0. The molecule has 0 unspecified atom stereocenters. The predicted octanol–water partition coefficient (Wildman–Crippen LogP) is 17.3. The van der Waals surface area contributed by atoms with E-state index in [2.05, 4.69) is 225 Å². The molecule has 2 heteroatoms. The van der Waals surface area contributed by atoms with Crippen LogP contribution in [0.3, 0.4) is 0 Å². The van der Waals surface area contributed by atoms with Crippen LogP contribution in [0.2, 0.25) is 0 Å². The van der Waals surface area contributed by atoms with Gasteiger partial charge in [-0.3, -0.25) is 0 Å². The minimum Gasteiger partial charge on any atom is -0.456 e. The number of para-hydroxylation sites is 1. The SMILES string of the molecule is CC1(C)c2ccccc2-c2ccc(N(c3ccc(-c4ccc5c6ccccc6c6c(ccc7oc8ccccc8c76)c5c4)cc3)c3ccc(-c4cccc5ccccc45)cc3)cc21. The van der Waals surface area contributed by atoms with Gasteiger partial charge in [-0.05, 0) is 143 Å². The van der Waals surface area contributed by atoms with E-state index in [0.717, 1.165) is 33.6 Å². The van der Waals surface area contributed by atoms with Crippen LogP contribution in [0, 0.1) is 0 Å². The molecular formula is C61H41NO. The number of benzene rings is 11. The van der Waals surface area contributed by atoms with Crippen molar-refractivity contribution in [3.63, 3.8) is 0 Å². The summed E-state index contributed by atoms with van der Waals surface area (Å²) in [5, 5.41) is 12.3. The summed E-state index contributed by atoms with van der Waals surface area (Å²) in [6.45, 7) is 4.71. The molecular weight excluding hydrogens is 763 g/mol. The van der Waals surface area contributed by atoms with Crippen molar-refractivity contribution in [1.29, 1.82) is 0 Å². The largest absolute Gasteiger partial charge is 0.456 e. The molecule has 1 aromatic heterocycles. The topological polar surface area (TPSA) is 16.4 Å². The second-order valence-electron chi connectivity index (χ2n) is 17.6. The van der Waals surface area contributed by atoms with Gasteiger partial charge in [-0.2, -0.15) is 0 Å². The van der Waals surface area contributed by atoms with Gasteiger partial charge in [0.15, 0.2) is 0 Å². The summed E-state index contributed by atoms with van der Waals surface area (Å²) in [7, 11) is 0. The molecule has 13 rings (SSSR count). The zero-order valence-corrected chi connectivity index (χ0v) is 35.1. The first-order chi connectivity index (χ1) is 31.0. The van der Waals surface area contributed by atoms with Crippen LogP contribution in [-0.4, -0.2) is 0 Å². The first-order valence-corrected chi connectivity index (χ1v) is 21.9. The third kappa shape index (κ3) is 5.38. The number of hydrogen-bond acceptors (Lipinski definition) is 2. The summed E-state index contributed by atoms with van der Waals surface area (Å²) in [6, 6.07) is 78.0. The van der Waals surface area contributed by atoms with E-state index < -0.39 is 0 Å². The van der Waals surface area contributed by atoms with Crippen molar-refractivity contribution in [2.45, 2.75) is 19.3 Å². The highest BCUT2D eigenvalue weighted by molar-refractivity contribution is 6.34. The molecule has 1 heterocycles. The van der Waals surface area contributed by atoms with Crippen molar-refractivity contribution in [2.75, 3.05) is 4.90 Å². The lowest BCUT2D eigenvalue weighted by Gasteiger charge is -2.28. The zero-order chi connectivity index (χ0) is 41.8. The fourth-order valence-electron chi connectivity index (χ4n) is 10.8. The van der Waals surface area contributed by atoms with Gasteiger partial charge < -0.3 is 9.32 Å². The third-order valence-electron chi connectivity index (χ3n) is 13.8. The zero-order valence-electron chi connectivity index (χ0n) is 35.1. The van der Waals surface area contributed by atoms with E-state index in [4.69, 9.17) is 4.42 Å². The number of anilines is 3. The lowest BCUT2D eigenvalue weighted by Crippen LogP contribution is -2.16. The predicted molar refractivity (Wildman–Crippen MR) is 267 cm³/mol. The molecule has 0 bridgehead atoms. The van der Waals surface area contributed by atoms with E-state index in [1.807, 2.05) is 6.07 Å². The minimum atomic E-state index is -0.113. The van der Waals surface area contributed by atoms with Crippen LogP contribution in [0.4, 0.5) is 17.1 Å². The lowest BCUT2D eigenvalue weighted by molar-refractivity contribution is 0.660. The minimum absolute atomic E-state index is 0.113. The summed E-state index contributed by atoms with van der Waals surface area (Å²) in [5.74, 6) is 0. The van der Waals surface area contributed by atoms with Gasteiger partial charge in [0.25, 0.3) is 0 Å². The number of rotatable bonds is 5. The van der Waals surface area contributed by atoms with Crippen molar-refractivity contribution in [1.82, 2.24) is 0 Å². The average molecular weight is 804 g/mol. The van der Waals surface area contributed by atoms with Gasteiger partial charge in [0.1, 0.15) is 11.2 Å². The van der Waals surface area contributed by atoms with Crippen molar-refractivity contribution in [3.8, 4) is 33.4 Å². The highest BCUT2D eigenvalue weighted by atomic mass is 16.3. The Hall–Kier alpha value is -7.94. The first kappa shape index (κ1) is 35.8. The molecule has 0 atom stereocenters. The van der Waals surface area contributed by atoms with Crippen LogP contribution >= 0.6 is 0 Å². The molecule has 0 saturated heterocycles. The summed E-state index contributed by atoms with van der Waals surface area (Å²) >= 11 is 0. The Kier molecular flexibility index (Phi) is 7.68. The highest BCUT2D eigenvalue weighted by Gasteiger charge is 2.35. The summed E-state index contributed by atoms with van der Waals surface area (Å²) in [4.78, 5) is 2.41. The van der Waals surface area contributed by atoms with Crippen LogP contribution in [0.15, 0.2) is 217 Å². The summed E-state index contributed by atoms with van der Waals surface area (Å²) < 4.78 is 6.39. The molecule has 0 spiro atoms. The number of fused-ring (bicyclic) bond motifs is 14. The van der Waals surface area contributed by atoms with Crippen molar-refractivity contribution in [3.05, 3.63) is 223 Å². The molecule has 0 radical (unpaired) electrons. The maximum absolute atomic E-state index is 6.39. The van der Waals surface area contributed by atoms with Gasteiger partial charge in [0.05, 0.1) is 0 Å². The molecule has 0 N–H and O–H groups in total. The molecule has 0 saturated carbocycles. The van der Waals surface area contributed by atoms with Crippen molar-refractivity contribution >= 4 is 82.1 Å². The summed E-state index contributed by atoms with van der Waals surface area (Å²) in [6.07, 6.45) is 0. The standard InChI is InChI=1S/C61H41NO/c1-61(2)55-20-9-7-16-49(55)50-33-31-44(37-56(50)61)62(43-29-24-40(25-30-43)46-19-11-13-39-12-3-4-14-45(39)46)42-27-22-38(23-28-42)41-26-32-48-47-15-5-6-17-51(47)59-52(54(48)36-41)34-35-58-60(59)53-18-8-10-21-57(53)63-58/h3-37H,1-2H3. The Morgan fingerprint density at radius 1 is 0.333 bits per heavy atom. The monoisotopic (exact) mass is 803 g/mol. The van der Waals surface area contributed by atoms with E-state index in [1.165, 1.54) is 93.0 Å². The van der Waals surface area contributed by atoms with Gasteiger partial charge >= 0.3 is 0 Å². The molecule has 63 heavy (non-hydrogen) atoms. The fourth-order valence-corrected chi connectivity index (χ4v) is 10.8. The van der Waals surface area contributed by atoms with Gasteiger partial charge in [-0.1, -0.05) is 166 Å². The Bertz CT molecular complexity index is 3810. The molecule has 1 aliphatic carbocycles. The third-order valence-corrected chi connectivity index (χ3v) is 13.8. The fraction of sp³-hybridized carbons (Fsp3) is 0.0492. The van der Waals surface area contributed by atoms with Crippen LogP contribution in [0.25, 0.3) is 98.4 Å². The van der Waals surface area contributed by atoms with E-state index in [-0.39, 0.29) is 5.41 Å². The highest BCUT2D eigenvalue weighted by Crippen LogP contribution is 2.51. The molecule has 296 valence electrons. The van der Waals surface area contributed by atoms with Crippen LogP contribution in [0.1, 0.15) is 25.0 Å². The molecule has 1 aliphatic rings. The van der Waals surface area contributed by atoms with E-state index in [0.29, 0.717) is 0 Å². The lowest BCUT2D eigenvalue weighted by atomic mass is 9.82. The van der Waals surface area contributed by atoms with Gasteiger partial charge in [-0.25, -0.2) is 0 Å². The Labute approximate surface area is 365 Å². The Morgan fingerprint density at radius 3 is 1.73 bits per heavy atom. The molecule has 11 aromatic carbocycles. The second-order valence-corrected chi connectivity index (χ2v) is 17.6. The van der Waals surface area contributed by atoms with Crippen molar-refractivity contribution < 1.29 is 4.42 Å². The maximum atomic E-state index is 6.39. The average Bonchev–Trinajstić information content (AvgIpc) is 3.83. The Morgan fingerprint density at radius 2 is 0.905 bits per heavy atom. The maximum Gasteiger partial charge on any atom is 0.136 e. The first-order valence-electron chi connectivity index (χ1n) is 21.9. The molecule has 0 aliphatic heterocycles. The Balaban J connectivity index is 0.947. The summed E-state index contributed by atoms with van der Waals surface area (Å²) in [5.41, 5.74) is 15.3. The van der Waals surface area contributed by atoms with Gasteiger partial charge in [-0.15, -0.1) is 0 Å². The molecule has 0 fully saturated rings. The molecule has 12 aromatic rings. The number of furan rings is 1. The molecule has 2 nitrogen and oxygen atoms in total. The van der Waals surface area contributed by atoms with Crippen molar-refractivity contribution in [2.24, 2.45) is 0 Å². The van der Waals surface area contributed by atoms with E-state index >= 15 is 0 Å². The van der Waals surface area contributed by atoms with E-state index in [9.17, 15) is 0 Å². The van der Waals surface area contributed by atoms with E-state index in [1.54, 1.807) is 0 Å².